The van der Waals surface area contributed by atoms with E-state index in [9.17, 15) is 12.6 Å². The normalized spacial score (nSPS) is 15.1. The molecule has 0 spiro atoms. The lowest BCUT2D eigenvalue weighted by atomic mass is 10.5. The second kappa shape index (κ2) is 5.73. The van der Waals surface area contributed by atoms with Crippen LogP contribution in [0.4, 0.5) is 0 Å². The van der Waals surface area contributed by atoms with Crippen LogP contribution in [0.3, 0.4) is 0 Å². The summed E-state index contributed by atoms with van der Waals surface area (Å²) in [7, 11) is -4.67. The maximum absolute atomic E-state index is 11.8. The minimum Gasteiger partial charge on any atom is -0.260 e. The van der Waals surface area contributed by atoms with E-state index in [4.69, 9.17) is 5.26 Å². The molecule has 0 aliphatic rings. The lowest BCUT2D eigenvalue weighted by molar-refractivity contribution is 0.583. The molecule has 1 aromatic heterocycles. The van der Waals surface area contributed by atoms with E-state index >= 15 is 0 Å². The first-order valence-electron chi connectivity index (χ1n) is 4.68. The molecule has 5 nitrogen and oxygen atoms in total. The molecule has 0 amide bonds. The van der Waals surface area contributed by atoms with Gasteiger partial charge in [-0.3, -0.25) is 4.21 Å². The van der Waals surface area contributed by atoms with Crippen molar-refractivity contribution in [1.29, 1.82) is 5.26 Å². The Bertz CT molecular complexity index is 556. The van der Waals surface area contributed by atoms with E-state index in [1.165, 1.54) is 18.4 Å². The highest BCUT2D eigenvalue weighted by molar-refractivity contribution is 7.91. The second-order valence-corrected chi connectivity index (χ2v) is 8.27. The molecule has 2 unspecified atom stereocenters. The average Bonchev–Trinajstić information content (AvgIpc) is 2.75. The standard InChI is InChI=1S/C9H12N2O3S3/c1-7(16(2)12)6-11-17(13,14)9-4-3-8(5-10)15-9/h3-4,7,11H,6H2,1-2H3. The topological polar surface area (TPSA) is 87.0 Å². The zero-order valence-electron chi connectivity index (χ0n) is 9.34. The highest BCUT2D eigenvalue weighted by Crippen LogP contribution is 2.20. The van der Waals surface area contributed by atoms with E-state index in [2.05, 4.69) is 4.72 Å². The van der Waals surface area contributed by atoms with Gasteiger partial charge < -0.3 is 0 Å². The zero-order chi connectivity index (χ0) is 13.1. The van der Waals surface area contributed by atoms with Gasteiger partial charge in [0, 0.05) is 28.9 Å². The number of hydrogen-bond donors (Lipinski definition) is 1. The Kier molecular flexibility index (Phi) is 4.82. The lowest BCUT2D eigenvalue weighted by Crippen LogP contribution is -2.32. The van der Waals surface area contributed by atoms with Crippen molar-refractivity contribution >= 4 is 32.2 Å². The van der Waals surface area contributed by atoms with Gasteiger partial charge in [-0.25, -0.2) is 13.1 Å². The molecular formula is C9H12N2O3S3. The fourth-order valence-electron chi connectivity index (χ4n) is 0.940. The van der Waals surface area contributed by atoms with Crippen molar-refractivity contribution in [2.45, 2.75) is 16.4 Å². The Hall–Kier alpha value is -0.750. The third-order valence-electron chi connectivity index (χ3n) is 2.08. The van der Waals surface area contributed by atoms with Crippen LogP contribution in [-0.4, -0.2) is 30.7 Å². The van der Waals surface area contributed by atoms with E-state index in [0.29, 0.717) is 4.88 Å². The van der Waals surface area contributed by atoms with Crippen LogP contribution in [0.15, 0.2) is 16.3 Å². The molecule has 0 fully saturated rings. The molecule has 1 heterocycles. The minimum absolute atomic E-state index is 0.100. The summed E-state index contributed by atoms with van der Waals surface area (Å²) in [6.45, 7) is 1.82. The first-order valence-corrected chi connectivity index (χ1v) is 8.60. The highest BCUT2D eigenvalue weighted by atomic mass is 32.2. The van der Waals surface area contributed by atoms with Crippen LogP contribution in [0, 0.1) is 11.3 Å². The van der Waals surface area contributed by atoms with E-state index in [1.54, 1.807) is 6.92 Å². The van der Waals surface area contributed by atoms with Gasteiger partial charge in [-0.1, -0.05) is 0 Å². The fraction of sp³-hybridized carbons (Fsp3) is 0.444. The van der Waals surface area contributed by atoms with Crippen molar-refractivity contribution in [2.75, 3.05) is 12.8 Å². The first-order chi connectivity index (χ1) is 7.86. The Balaban J connectivity index is 2.76. The minimum atomic E-state index is -3.60. The summed E-state index contributed by atoms with van der Waals surface area (Å²) in [6.07, 6.45) is 1.53. The summed E-state index contributed by atoms with van der Waals surface area (Å²) >= 11 is 0.912. The van der Waals surface area contributed by atoms with Crippen LogP contribution in [0.5, 0.6) is 0 Å². The molecule has 0 aliphatic heterocycles. The fourth-order valence-corrected chi connectivity index (χ4v) is 3.64. The first kappa shape index (κ1) is 14.3. The molecule has 0 aromatic carbocycles. The van der Waals surface area contributed by atoms with E-state index < -0.39 is 20.8 Å². The van der Waals surface area contributed by atoms with Crippen molar-refractivity contribution in [1.82, 2.24) is 4.72 Å². The molecular weight excluding hydrogens is 280 g/mol. The van der Waals surface area contributed by atoms with E-state index in [0.717, 1.165) is 11.3 Å². The summed E-state index contributed by atoms with van der Waals surface area (Å²) < 4.78 is 37.1. The van der Waals surface area contributed by atoms with Crippen LogP contribution in [0.25, 0.3) is 0 Å². The number of nitrogens with zero attached hydrogens (tertiary/aromatic N) is 1. The van der Waals surface area contributed by atoms with Gasteiger partial charge in [0.1, 0.15) is 15.2 Å². The van der Waals surface area contributed by atoms with E-state index in [-0.39, 0.29) is 16.0 Å². The lowest BCUT2D eigenvalue weighted by Gasteiger charge is -2.09. The predicted octanol–water partition coefficient (Wildman–Crippen LogP) is 0.665. The molecule has 17 heavy (non-hydrogen) atoms. The molecule has 0 saturated carbocycles. The molecule has 0 saturated heterocycles. The van der Waals surface area contributed by atoms with Gasteiger partial charge >= 0.3 is 0 Å². The van der Waals surface area contributed by atoms with Crippen LogP contribution < -0.4 is 4.72 Å². The van der Waals surface area contributed by atoms with Crippen LogP contribution in [0.1, 0.15) is 11.8 Å². The maximum Gasteiger partial charge on any atom is 0.250 e. The van der Waals surface area contributed by atoms with Crippen molar-refractivity contribution in [3.63, 3.8) is 0 Å². The Morgan fingerprint density at radius 2 is 2.24 bits per heavy atom. The smallest absolute Gasteiger partial charge is 0.250 e. The molecule has 0 bridgehead atoms. The van der Waals surface area contributed by atoms with Crippen molar-refractivity contribution in [3.8, 4) is 6.07 Å². The third-order valence-corrected chi connectivity index (χ3v) is 6.29. The molecule has 2 atom stereocenters. The molecule has 94 valence electrons. The molecule has 1 rings (SSSR count). The second-order valence-electron chi connectivity index (χ2n) is 3.39. The molecule has 0 radical (unpaired) electrons. The largest absolute Gasteiger partial charge is 0.260 e. The number of rotatable bonds is 5. The van der Waals surface area contributed by atoms with Crippen LogP contribution in [-0.2, 0) is 20.8 Å². The number of sulfonamides is 1. The molecule has 8 heteroatoms. The maximum atomic E-state index is 11.8. The van der Waals surface area contributed by atoms with Crippen LogP contribution >= 0.6 is 11.3 Å². The van der Waals surface area contributed by atoms with Gasteiger partial charge in [0.05, 0.1) is 0 Å². The summed E-state index contributed by atoms with van der Waals surface area (Å²) in [5, 5.41) is 8.36. The van der Waals surface area contributed by atoms with Gasteiger partial charge in [0.25, 0.3) is 0 Å². The Morgan fingerprint density at radius 1 is 1.59 bits per heavy atom. The summed E-state index contributed by atoms with van der Waals surface area (Å²) in [5.41, 5.74) is 0. The van der Waals surface area contributed by atoms with Crippen molar-refractivity contribution in [3.05, 3.63) is 17.0 Å². The molecule has 0 aliphatic carbocycles. The quantitative estimate of drug-likeness (QED) is 0.864. The summed E-state index contributed by atoms with van der Waals surface area (Å²) in [5.74, 6) is 0. The molecule has 1 N–H and O–H groups in total. The summed E-state index contributed by atoms with van der Waals surface area (Å²) in [6, 6.07) is 4.73. The SMILES string of the molecule is CC(CNS(=O)(=O)c1ccc(C#N)s1)S(C)=O. The zero-order valence-corrected chi connectivity index (χ0v) is 11.8. The summed E-state index contributed by atoms with van der Waals surface area (Å²) in [4.78, 5) is 0.345. The van der Waals surface area contributed by atoms with Gasteiger partial charge in [-0.05, 0) is 19.1 Å². The highest BCUT2D eigenvalue weighted by Gasteiger charge is 2.18. The van der Waals surface area contributed by atoms with Gasteiger partial charge in [0.2, 0.25) is 10.0 Å². The number of hydrogen-bond acceptors (Lipinski definition) is 5. The molecule has 1 aromatic rings. The monoisotopic (exact) mass is 292 g/mol. The third kappa shape index (κ3) is 3.89. The van der Waals surface area contributed by atoms with Gasteiger partial charge in [0.15, 0.2) is 0 Å². The predicted molar refractivity (Wildman–Crippen MR) is 67.8 cm³/mol. The van der Waals surface area contributed by atoms with Crippen molar-refractivity contribution < 1.29 is 12.6 Å². The van der Waals surface area contributed by atoms with E-state index in [1.807, 2.05) is 6.07 Å². The number of nitrogens with one attached hydrogen (secondary N) is 1. The Labute approximate surface area is 107 Å². The van der Waals surface area contributed by atoms with Crippen LogP contribution in [0.2, 0.25) is 0 Å². The van der Waals surface area contributed by atoms with Gasteiger partial charge in [-0.15, -0.1) is 11.3 Å². The number of thiophene rings is 1. The van der Waals surface area contributed by atoms with Crippen molar-refractivity contribution in [2.24, 2.45) is 0 Å². The number of nitriles is 1. The Morgan fingerprint density at radius 3 is 2.71 bits per heavy atom. The van der Waals surface area contributed by atoms with Gasteiger partial charge in [-0.2, -0.15) is 5.26 Å². The average molecular weight is 292 g/mol.